The fourth-order valence-corrected chi connectivity index (χ4v) is 2.87. The Bertz CT molecular complexity index is 629. The standard InChI is InChI=1S/C16H18F2N2O2S/c1-2-19-9-10-20-15(21)14-8-7-13(23-14)11-3-5-12(6-4-11)22-16(17)18/h3-8,16,19H,2,9-10H2,1H3,(H,20,21). The smallest absolute Gasteiger partial charge is 0.387 e. The van der Waals surface area contributed by atoms with E-state index in [0.717, 1.165) is 23.5 Å². The van der Waals surface area contributed by atoms with Gasteiger partial charge in [0, 0.05) is 18.0 Å². The zero-order valence-corrected chi connectivity index (χ0v) is 13.5. The minimum atomic E-state index is -2.83. The van der Waals surface area contributed by atoms with Gasteiger partial charge >= 0.3 is 6.61 Å². The molecule has 0 aliphatic carbocycles. The van der Waals surface area contributed by atoms with Gasteiger partial charge in [-0.15, -0.1) is 11.3 Å². The molecule has 4 nitrogen and oxygen atoms in total. The van der Waals surface area contributed by atoms with Crippen molar-refractivity contribution >= 4 is 17.2 Å². The molecule has 1 aromatic heterocycles. The van der Waals surface area contributed by atoms with E-state index in [-0.39, 0.29) is 11.7 Å². The number of likely N-dealkylation sites (N-methyl/N-ethyl adjacent to an activating group) is 1. The minimum absolute atomic E-state index is 0.113. The molecule has 0 bridgehead atoms. The van der Waals surface area contributed by atoms with Crippen LogP contribution in [0.5, 0.6) is 5.75 Å². The topological polar surface area (TPSA) is 50.4 Å². The van der Waals surface area contributed by atoms with Crippen LogP contribution in [-0.2, 0) is 0 Å². The fraction of sp³-hybridized carbons (Fsp3) is 0.312. The van der Waals surface area contributed by atoms with Crippen LogP contribution < -0.4 is 15.4 Å². The second-order valence-corrected chi connectivity index (χ2v) is 5.76. The molecule has 23 heavy (non-hydrogen) atoms. The van der Waals surface area contributed by atoms with E-state index in [1.165, 1.54) is 23.5 Å². The van der Waals surface area contributed by atoms with Crippen molar-refractivity contribution in [3.05, 3.63) is 41.3 Å². The first-order valence-electron chi connectivity index (χ1n) is 7.24. The molecule has 2 rings (SSSR count). The van der Waals surface area contributed by atoms with Crippen molar-refractivity contribution in [3.8, 4) is 16.2 Å². The van der Waals surface area contributed by atoms with Gasteiger partial charge in [-0.25, -0.2) is 0 Å². The van der Waals surface area contributed by atoms with Crippen molar-refractivity contribution in [3.63, 3.8) is 0 Å². The summed E-state index contributed by atoms with van der Waals surface area (Å²) < 4.78 is 28.5. The van der Waals surface area contributed by atoms with Gasteiger partial charge in [0.2, 0.25) is 0 Å². The maximum atomic E-state index is 12.1. The van der Waals surface area contributed by atoms with Crippen molar-refractivity contribution in [2.45, 2.75) is 13.5 Å². The molecule has 2 N–H and O–H groups in total. The zero-order valence-electron chi connectivity index (χ0n) is 12.6. The molecule has 0 saturated carbocycles. The number of carbonyl (C=O) groups excluding carboxylic acids is 1. The Morgan fingerprint density at radius 1 is 1.17 bits per heavy atom. The Labute approximate surface area is 137 Å². The van der Waals surface area contributed by atoms with E-state index in [2.05, 4.69) is 15.4 Å². The molecule has 1 aromatic carbocycles. The summed E-state index contributed by atoms with van der Waals surface area (Å²) >= 11 is 1.36. The predicted octanol–water partition coefficient (Wildman–Crippen LogP) is 3.36. The van der Waals surface area contributed by atoms with E-state index in [1.54, 1.807) is 18.2 Å². The van der Waals surface area contributed by atoms with Gasteiger partial charge in [0.15, 0.2) is 0 Å². The van der Waals surface area contributed by atoms with E-state index < -0.39 is 6.61 Å². The number of thiophene rings is 1. The van der Waals surface area contributed by atoms with Gasteiger partial charge in [0.1, 0.15) is 5.75 Å². The highest BCUT2D eigenvalue weighted by Gasteiger charge is 2.10. The van der Waals surface area contributed by atoms with Crippen LogP contribution in [0.4, 0.5) is 8.78 Å². The van der Waals surface area contributed by atoms with Gasteiger partial charge in [0.05, 0.1) is 4.88 Å². The molecule has 1 heterocycles. The van der Waals surface area contributed by atoms with Gasteiger partial charge in [-0.3, -0.25) is 4.79 Å². The van der Waals surface area contributed by atoms with Crippen LogP contribution in [-0.4, -0.2) is 32.2 Å². The Morgan fingerprint density at radius 3 is 2.57 bits per heavy atom. The number of halogens is 2. The third-order valence-corrected chi connectivity index (χ3v) is 4.16. The number of ether oxygens (including phenoxy) is 1. The Morgan fingerprint density at radius 2 is 1.91 bits per heavy atom. The van der Waals surface area contributed by atoms with E-state index in [1.807, 2.05) is 13.0 Å². The maximum absolute atomic E-state index is 12.1. The Hall–Kier alpha value is -1.99. The maximum Gasteiger partial charge on any atom is 0.387 e. The number of alkyl halides is 2. The number of benzene rings is 1. The molecular weight excluding hydrogens is 322 g/mol. The van der Waals surface area contributed by atoms with Crippen LogP contribution in [0.25, 0.3) is 10.4 Å². The van der Waals surface area contributed by atoms with Gasteiger partial charge in [-0.1, -0.05) is 6.92 Å². The van der Waals surface area contributed by atoms with Gasteiger partial charge in [-0.05, 0) is 48.5 Å². The largest absolute Gasteiger partial charge is 0.435 e. The highest BCUT2D eigenvalue weighted by Crippen LogP contribution is 2.29. The minimum Gasteiger partial charge on any atom is -0.435 e. The summed E-state index contributed by atoms with van der Waals surface area (Å²) in [6.07, 6.45) is 0. The highest BCUT2D eigenvalue weighted by molar-refractivity contribution is 7.17. The average Bonchev–Trinajstić information content (AvgIpc) is 3.01. The van der Waals surface area contributed by atoms with Crippen LogP contribution in [0.1, 0.15) is 16.6 Å². The summed E-state index contributed by atoms with van der Waals surface area (Å²) in [4.78, 5) is 13.5. The van der Waals surface area contributed by atoms with Gasteiger partial charge in [0.25, 0.3) is 5.91 Å². The molecule has 0 unspecified atom stereocenters. The predicted molar refractivity (Wildman–Crippen MR) is 87.3 cm³/mol. The molecule has 0 aliphatic rings. The number of hydrogen-bond acceptors (Lipinski definition) is 4. The molecule has 1 amide bonds. The molecule has 0 atom stereocenters. The monoisotopic (exact) mass is 340 g/mol. The average molecular weight is 340 g/mol. The van der Waals surface area contributed by atoms with Crippen LogP contribution in [0.15, 0.2) is 36.4 Å². The fourth-order valence-electron chi connectivity index (χ4n) is 1.94. The lowest BCUT2D eigenvalue weighted by atomic mass is 10.2. The third kappa shape index (κ3) is 5.30. The van der Waals surface area contributed by atoms with Crippen LogP contribution >= 0.6 is 11.3 Å². The van der Waals surface area contributed by atoms with Crippen molar-refractivity contribution in [1.29, 1.82) is 0 Å². The van der Waals surface area contributed by atoms with E-state index >= 15 is 0 Å². The lowest BCUT2D eigenvalue weighted by Crippen LogP contribution is -2.31. The second-order valence-electron chi connectivity index (χ2n) is 4.68. The third-order valence-electron chi connectivity index (χ3n) is 3.03. The lowest BCUT2D eigenvalue weighted by Gasteiger charge is -2.05. The normalized spacial score (nSPS) is 10.8. The van der Waals surface area contributed by atoms with E-state index in [9.17, 15) is 13.6 Å². The summed E-state index contributed by atoms with van der Waals surface area (Å²) in [6.45, 7) is 1.33. The first-order valence-corrected chi connectivity index (χ1v) is 8.05. The molecule has 0 saturated heterocycles. The summed E-state index contributed by atoms with van der Waals surface area (Å²) in [5, 5.41) is 5.96. The van der Waals surface area contributed by atoms with E-state index in [0.29, 0.717) is 11.4 Å². The molecule has 0 fully saturated rings. The van der Waals surface area contributed by atoms with Crippen LogP contribution in [0.3, 0.4) is 0 Å². The number of nitrogens with one attached hydrogen (secondary N) is 2. The van der Waals surface area contributed by atoms with Crippen molar-refractivity contribution in [2.75, 3.05) is 19.6 Å². The zero-order chi connectivity index (χ0) is 16.7. The molecule has 0 spiro atoms. The van der Waals surface area contributed by atoms with Gasteiger partial charge in [-0.2, -0.15) is 8.78 Å². The van der Waals surface area contributed by atoms with Crippen molar-refractivity contribution in [1.82, 2.24) is 10.6 Å². The molecule has 2 aromatic rings. The molecular formula is C16H18F2N2O2S. The number of amides is 1. The first kappa shape index (κ1) is 17.4. The number of rotatable bonds is 8. The SMILES string of the molecule is CCNCCNC(=O)c1ccc(-c2ccc(OC(F)F)cc2)s1. The van der Waals surface area contributed by atoms with Crippen molar-refractivity contribution in [2.24, 2.45) is 0 Å². The second kappa shape index (κ2) is 8.59. The van der Waals surface area contributed by atoms with Crippen LogP contribution in [0, 0.1) is 0 Å². The number of hydrogen-bond donors (Lipinski definition) is 2. The Balaban J connectivity index is 1.97. The summed E-state index contributed by atoms with van der Waals surface area (Å²) in [7, 11) is 0. The summed E-state index contributed by atoms with van der Waals surface area (Å²) in [5.41, 5.74) is 0.850. The highest BCUT2D eigenvalue weighted by atomic mass is 32.1. The van der Waals surface area contributed by atoms with Gasteiger partial charge < -0.3 is 15.4 Å². The van der Waals surface area contributed by atoms with Crippen LogP contribution in [0.2, 0.25) is 0 Å². The summed E-state index contributed by atoms with van der Waals surface area (Å²) in [6, 6.07) is 9.94. The van der Waals surface area contributed by atoms with Crippen molar-refractivity contribution < 1.29 is 18.3 Å². The molecule has 124 valence electrons. The lowest BCUT2D eigenvalue weighted by molar-refractivity contribution is -0.0498. The first-order chi connectivity index (χ1) is 11.1. The molecule has 0 radical (unpaired) electrons. The Kier molecular flexibility index (Phi) is 6.49. The molecule has 7 heteroatoms. The quantitative estimate of drug-likeness (QED) is 0.725. The number of carbonyl (C=O) groups is 1. The molecule has 0 aliphatic heterocycles. The van der Waals surface area contributed by atoms with E-state index in [4.69, 9.17) is 0 Å². The summed E-state index contributed by atoms with van der Waals surface area (Å²) in [5.74, 6) is -0.00139.